The van der Waals surface area contributed by atoms with Gasteiger partial charge in [-0.15, -0.1) is 11.3 Å². The van der Waals surface area contributed by atoms with Crippen molar-refractivity contribution in [2.75, 3.05) is 25.5 Å². The number of aromatic nitrogens is 1. The number of likely N-dealkylation sites (N-methyl/N-ethyl adjacent to an activating group) is 1. The van der Waals surface area contributed by atoms with Crippen LogP contribution in [0.15, 0.2) is 59.6 Å². The van der Waals surface area contributed by atoms with Crippen LogP contribution in [0.1, 0.15) is 12.8 Å². The van der Waals surface area contributed by atoms with Crippen LogP contribution >= 0.6 is 11.3 Å². The van der Waals surface area contributed by atoms with E-state index in [2.05, 4.69) is 31.9 Å². The first-order valence-electron chi connectivity index (χ1n) is 9.61. The molecule has 1 aromatic carbocycles. The maximum atomic E-state index is 12.5. The molecule has 7 heteroatoms. The number of nitrogens with zero attached hydrogens (tertiary/aromatic N) is 2. The summed E-state index contributed by atoms with van der Waals surface area (Å²) >= 11 is 1.52. The average Bonchev–Trinajstić information content (AvgIpc) is 3.19. The van der Waals surface area contributed by atoms with Crippen molar-refractivity contribution in [3.63, 3.8) is 0 Å². The number of benzene rings is 1. The van der Waals surface area contributed by atoms with E-state index in [9.17, 15) is 4.79 Å². The van der Waals surface area contributed by atoms with E-state index >= 15 is 0 Å². The molecule has 3 N–H and O–H groups in total. The number of thiazole rings is 1. The monoisotopic (exact) mass is 395 g/mol. The molecule has 4 rings (SSSR count). The van der Waals surface area contributed by atoms with Crippen molar-refractivity contribution < 1.29 is 4.79 Å². The molecule has 0 radical (unpaired) electrons. The quantitative estimate of drug-likeness (QED) is 0.739. The summed E-state index contributed by atoms with van der Waals surface area (Å²) in [5.74, 6) is 1.11. The lowest BCUT2D eigenvalue weighted by Gasteiger charge is -2.37. The first kappa shape index (κ1) is 18.7. The fourth-order valence-corrected chi connectivity index (χ4v) is 4.44. The van der Waals surface area contributed by atoms with Crippen molar-refractivity contribution in [2.24, 2.45) is 5.92 Å². The summed E-state index contributed by atoms with van der Waals surface area (Å²) in [6.45, 7) is 2.09. The normalized spacial score (nSPS) is 20.0. The molecular formula is C21H25N5OS. The molecule has 1 aromatic heterocycles. The van der Waals surface area contributed by atoms with Crippen molar-refractivity contribution in [2.45, 2.75) is 19.0 Å². The van der Waals surface area contributed by atoms with E-state index in [-0.39, 0.29) is 12.2 Å². The van der Waals surface area contributed by atoms with Crippen LogP contribution in [0.5, 0.6) is 0 Å². The molecule has 3 heterocycles. The first-order valence-corrected chi connectivity index (χ1v) is 10.5. The second-order valence-corrected chi connectivity index (χ2v) is 7.92. The number of carbonyl (C=O) groups excluding carboxylic acids is 1. The maximum absolute atomic E-state index is 12.5. The van der Waals surface area contributed by atoms with Crippen LogP contribution in [0, 0.1) is 5.92 Å². The van der Waals surface area contributed by atoms with Crippen molar-refractivity contribution in [1.29, 1.82) is 0 Å². The molecule has 2 aliphatic heterocycles. The van der Waals surface area contributed by atoms with Crippen LogP contribution in [0.4, 0.5) is 10.6 Å². The minimum atomic E-state index is -0.252. The van der Waals surface area contributed by atoms with Gasteiger partial charge >= 0.3 is 6.03 Å². The summed E-state index contributed by atoms with van der Waals surface area (Å²) < 4.78 is 0. The summed E-state index contributed by atoms with van der Waals surface area (Å²) in [7, 11) is 2.04. The third-order valence-electron chi connectivity index (χ3n) is 5.19. The minimum Gasteiger partial charge on any atom is -0.354 e. The molecule has 1 saturated heterocycles. The summed E-state index contributed by atoms with van der Waals surface area (Å²) in [6, 6.07) is 9.71. The minimum absolute atomic E-state index is 0.165. The number of allylic oxidation sites excluding steroid dienone is 3. The van der Waals surface area contributed by atoms with E-state index in [4.69, 9.17) is 0 Å². The van der Waals surface area contributed by atoms with Gasteiger partial charge < -0.3 is 15.5 Å². The number of nitrogens with one attached hydrogen (secondary N) is 3. The van der Waals surface area contributed by atoms with Gasteiger partial charge in [0.2, 0.25) is 0 Å². The van der Waals surface area contributed by atoms with Gasteiger partial charge in [-0.05, 0) is 38.1 Å². The molecule has 2 aliphatic rings. The van der Waals surface area contributed by atoms with Crippen molar-refractivity contribution in [3.05, 3.63) is 59.6 Å². The highest BCUT2D eigenvalue weighted by molar-refractivity contribution is 7.13. The number of piperidine rings is 1. The van der Waals surface area contributed by atoms with Gasteiger partial charge in [0.1, 0.15) is 17.0 Å². The third-order valence-corrected chi connectivity index (χ3v) is 6.08. The van der Waals surface area contributed by atoms with Crippen LogP contribution < -0.4 is 16.0 Å². The number of anilines is 1. The number of rotatable bonds is 4. The van der Waals surface area contributed by atoms with E-state index in [1.807, 2.05) is 54.9 Å². The van der Waals surface area contributed by atoms with Crippen molar-refractivity contribution in [1.82, 2.24) is 20.5 Å². The van der Waals surface area contributed by atoms with Gasteiger partial charge in [-0.2, -0.15) is 0 Å². The Bertz CT molecular complexity index is 870. The molecular weight excluding hydrogens is 370 g/mol. The zero-order valence-electron chi connectivity index (χ0n) is 15.9. The van der Waals surface area contributed by atoms with E-state index < -0.39 is 0 Å². The van der Waals surface area contributed by atoms with Crippen LogP contribution in [-0.2, 0) is 0 Å². The van der Waals surface area contributed by atoms with Gasteiger partial charge in [-0.3, -0.25) is 5.32 Å². The highest BCUT2D eigenvalue weighted by Crippen LogP contribution is 2.28. The molecule has 0 saturated carbocycles. The number of amides is 2. The van der Waals surface area contributed by atoms with Crippen molar-refractivity contribution in [3.8, 4) is 10.6 Å². The molecule has 1 atom stereocenters. The Morgan fingerprint density at radius 1 is 1.25 bits per heavy atom. The summed E-state index contributed by atoms with van der Waals surface area (Å²) in [4.78, 5) is 19.2. The molecule has 0 spiro atoms. The fraction of sp³-hybridized carbons (Fsp3) is 0.333. The van der Waals surface area contributed by atoms with Crippen LogP contribution in [0.2, 0.25) is 0 Å². The van der Waals surface area contributed by atoms with Gasteiger partial charge in [0, 0.05) is 29.6 Å². The van der Waals surface area contributed by atoms with E-state index in [1.54, 1.807) is 0 Å². The Labute approximate surface area is 169 Å². The van der Waals surface area contributed by atoms with Gasteiger partial charge in [-0.25, -0.2) is 9.78 Å². The lowest BCUT2D eigenvalue weighted by atomic mass is 9.92. The smallest absolute Gasteiger partial charge is 0.322 e. The summed E-state index contributed by atoms with van der Waals surface area (Å²) in [5, 5.41) is 12.0. The van der Waals surface area contributed by atoms with Gasteiger partial charge in [0.05, 0.1) is 0 Å². The Balaban J connectivity index is 1.36. The predicted octanol–water partition coefficient (Wildman–Crippen LogP) is 3.64. The standard InChI is InChI=1S/C21H25N5OS/c1-26-17(15-10-12-22-13-11-15)8-5-9-19(26)25-21(27)24-18-14-28-20(23-18)16-6-3-2-4-7-16/h2-9,14-15,19,22H,10-13H2,1H3,(H2,24,25,27). The fourth-order valence-electron chi connectivity index (χ4n) is 3.68. The lowest BCUT2D eigenvalue weighted by molar-refractivity contribution is 0.224. The van der Waals surface area contributed by atoms with Crippen LogP contribution in [-0.4, -0.2) is 42.2 Å². The molecule has 0 aliphatic carbocycles. The van der Waals surface area contributed by atoms with E-state index in [0.717, 1.165) is 36.5 Å². The van der Waals surface area contributed by atoms with Gasteiger partial charge in [0.15, 0.2) is 0 Å². The van der Waals surface area contributed by atoms with Crippen LogP contribution in [0.3, 0.4) is 0 Å². The molecule has 28 heavy (non-hydrogen) atoms. The Morgan fingerprint density at radius 3 is 2.82 bits per heavy atom. The largest absolute Gasteiger partial charge is 0.354 e. The lowest BCUT2D eigenvalue weighted by Crippen LogP contribution is -2.48. The molecule has 2 aromatic rings. The number of hydrogen-bond acceptors (Lipinski definition) is 5. The number of urea groups is 1. The second-order valence-electron chi connectivity index (χ2n) is 7.06. The zero-order valence-corrected chi connectivity index (χ0v) is 16.7. The zero-order chi connectivity index (χ0) is 19.3. The maximum Gasteiger partial charge on any atom is 0.322 e. The molecule has 6 nitrogen and oxygen atoms in total. The van der Waals surface area contributed by atoms with Crippen molar-refractivity contribution >= 4 is 23.2 Å². The molecule has 146 valence electrons. The van der Waals surface area contributed by atoms with Gasteiger partial charge in [0.25, 0.3) is 0 Å². The van der Waals surface area contributed by atoms with E-state index in [1.165, 1.54) is 17.0 Å². The molecule has 1 fully saturated rings. The number of carbonyl (C=O) groups is 1. The summed E-state index contributed by atoms with van der Waals surface area (Å²) in [5.41, 5.74) is 2.34. The number of hydrogen-bond donors (Lipinski definition) is 3. The first-order chi connectivity index (χ1) is 13.7. The highest BCUT2D eigenvalue weighted by atomic mass is 32.1. The summed E-state index contributed by atoms with van der Waals surface area (Å²) in [6.07, 6.45) is 8.30. The Morgan fingerprint density at radius 2 is 2.04 bits per heavy atom. The van der Waals surface area contributed by atoms with E-state index in [0.29, 0.717) is 11.7 Å². The predicted molar refractivity (Wildman–Crippen MR) is 114 cm³/mol. The SMILES string of the molecule is CN1C(C2CCNCC2)=CC=CC1NC(=O)Nc1csc(-c2ccccc2)n1. The molecule has 2 amide bonds. The topological polar surface area (TPSA) is 69.3 Å². The molecule has 0 bridgehead atoms. The highest BCUT2D eigenvalue weighted by Gasteiger charge is 2.26. The van der Waals surface area contributed by atoms with Gasteiger partial charge in [-0.1, -0.05) is 36.4 Å². The average molecular weight is 396 g/mol. The molecule has 1 unspecified atom stereocenters. The Kier molecular flexibility index (Phi) is 5.73. The van der Waals surface area contributed by atoms with Crippen LogP contribution in [0.25, 0.3) is 10.6 Å². The second kappa shape index (κ2) is 8.58. The third kappa shape index (κ3) is 4.26. The Hall–Kier alpha value is -2.64.